The van der Waals surface area contributed by atoms with Gasteiger partial charge in [-0.1, -0.05) is 30.3 Å². The van der Waals surface area contributed by atoms with Gasteiger partial charge in [-0.2, -0.15) is 0 Å². The maximum Gasteiger partial charge on any atom is 0.230 e. The molecule has 0 bridgehead atoms. The molecule has 5 nitrogen and oxygen atoms in total. The molecule has 1 fully saturated rings. The first-order valence-corrected chi connectivity index (χ1v) is 11.4. The van der Waals surface area contributed by atoms with Crippen molar-refractivity contribution in [2.45, 2.75) is 38.0 Å². The average Bonchev–Trinajstić information content (AvgIpc) is 2.83. The number of aromatic nitrogens is 1. The fraction of sp³-hybridized carbons (Fsp3) is 0.296. The van der Waals surface area contributed by atoms with E-state index in [4.69, 9.17) is 4.98 Å². The van der Waals surface area contributed by atoms with E-state index < -0.39 is 5.92 Å². The average molecular weight is 444 g/mol. The summed E-state index contributed by atoms with van der Waals surface area (Å²) in [6, 6.07) is 18.2. The molecule has 0 radical (unpaired) electrons. The molecule has 5 rings (SSSR count). The van der Waals surface area contributed by atoms with E-state index in [1.54, 1.807) is 12.1 Å². The van der Waals surface area contributed by atoms with Crippen molar-refractivity contribution >= 4 is 17.5 Å². The van der Waals surface area contributed by atoms with Gasteiger partial charge in [0.2, 0.25) is 11.8 Å². The number of piperidine rings is 1. The molecule has 2 amide bonds. The van der Waals surface area contributed by atoms with E-state index in [2.05, 4.69) is 11.4 Å². The van der Waals surface area contributed by atoms with Crippen LogP contribution in [0, 0.1) is 12.7 Å². The minimum atomic E-state index is -0.423. The summed E-state index contributed by atoms with van der Waals surface area (Å²) in [5.74, 6) is -0.497. The number of hydrogen-bond donors (Lipinski definition) is 1. The normalized spacial score (nSPS) is 18.5. The molecule has 2 aromatic carbocycles. The van der Waals surface area contributed by atoms with Gasteiger partial charge in [0.25, 0.3) is 0 Å². The van der Waals surface area contributed by atoms with E-state index in [0.717, 1.165) is 46.6 Å². The minimum Gasteiger partial charge on any atom is -0.342 e. The molecule has 3 heterocycles. The van der Waals surface area contributed by atoms with Gasteiger partial charge in [0.05, 0.1) is 5.92 Å². The van der Waals surface area contributed by atoms with Crippen molar-refractivity contribution in [1.29, 1.82) is 0 Å². The Bertz CT molecular complexity index is 1200. The Hall–Kier alpha value is -3.54. The highest BCUT2D eigenvalue weighted by atomic mass is 19.1. The molecule has 33 heavy (non-hydrogen) atoms. The van der Waals surface area contributed by atoms with Gasteiger partial charge in [-0.05, 0) is 66.8 Å². The quantitative estimate of drug-likeness (QED) is 0.618. The molecule has 6 heteroatoms. The highest BCUT2D eigenvalue weighted by Gasteiger charge is 2.35. The number of hydrogen-bond acceptors (Lipinski definition) is 3. The maximum atomic E-state index is 13.3. The Labute approximate surface area is 192 Å². The van der Waals surface area contributed by atoms with Crippen LogP contribution >= 0.6 is 0 Å². The molecular formula is C27H26FN3O2. The largest absolute Gasteiger partial charge is 0.342 e. The summed E-state index contributed by atoms with van der Waals surface area (Å²) in [5, 5.41) is 2.86. The molecule has 0 spiro atoms. The molecule has 1 aromatic heterocycles. The van der Waals surface area contributed by atoms with Crippen molar-refractivity contribution in [3.63, 3.8) is 0 Å². The summed E-state index contributed by atoms with van der Waals surface area (Å²) in [7, 11) is 0. The van der Waals surface area contributed by atoms with Gasteiger partial charge in [-0.15, -0.1) is 0 Å². The van der Waals surface area contributed by atoms with Crippen LogP contribution in [0.5, 0.6) is 0 Å². The lowest BCUT2D eigenvalue weighted by atomic mass is 9.87. The number of nitrogens with zero attached hydrogens (tertiary/aromatic N) is 2. The smallest absolute Gasteiger partial charge is 0.230 e. The zero-order valence-electron chi connectivity index (χ0n) is 18.6. The Morgan fingerprint density at radius 3 is 2.52 bits per heavy atom. The Balaban J connectivity index is 1.30. The fourth-order valence-corrected chi connectivity index (χ4v) is 4.96. The number of anilines is 1. The second-order valence-electron chi connectivity index (χ2n) is 8.92. The topological polar surface area (TPSA) is 62.3 Å². The van der Waals surface area contributed by atoms with Crippen LogP contribution in [0.2, 0.25) is 0 Å². The van der Waals surface area contributed by atoms with Crippen LogP contribution in [0.4, 0.5) is 10.1 Å². The molecule has 0 aliphatic carbocycles. The number of likely N-dealkylation sites (tertiary alicyclic amines) is 1. The van der Waals surface area contributed by atoms with E-state index >= 15 is 0 Å². The Morgan fingerprint density at radius 1 is 1.03 bits per heavy atom. The van der Waals surface area contributed by atoms with Gasteiger partial charge in [0.15, 0.2) is 0 Å². The molecule has 0 saturated carbocycles. The van der Waals surface area contributed by atoms with Gasteiger partial charge < -0.3 is 10.2 Å². The molecule has 3 aromatic rings. The number of rotatable bonds is 3. The summed E-state index contributed by atoms with van der Waals surface area (Å²) in [6.07, 6.45) is 1.84. The first-order valence-electron chi connectivity index (χ1n) is 11.4. The Morgan fingerprint density at radius 2 is 1.76 bits per heavy atom. The van der Waals surface area contributed by atoms with Crippen molar-refractivity contribution in [3.05, 3.63) is 83.4 Å². The van der Waals surface area contributed by atoms with Crippen molar-refractivity contribution in [2.24, 2.45) is 0 Å². The maximum absolute atomic E-state index is 13.3. The van der Waals surface area contributed by atoms with Crippen LogP contribution in [0.3, 0.4) is 0 Å². The van der Waals surface area contributed by atoms with E-state index in [1.165, 1.54) is 12.1 Å². The monoisotopic (exact) mass is 443 g/mol. The Kier molecular flexibility index (Phi) is 5.67. The van der Waals surface area contributed by atoms with Crippen molar-refractivity contribution in [2.75, 3.05) is 18.4 Å². The standard InChI is InChI=1S/C27H26FN3O2/c1-17-14-20(18-6-8-21(28)9-7-18)15-25(29-17)19-10-12-31(13-11-19)27(33)23-16-26(32)30-24-5-3-2-4-22(23)24/h2-9,14-15,19,23H,10-13,16H2,1H3,(H,30,32)/t23-/m0/s1. The second kappa shape index (κ2) is 8.77. The summed E-state index contributed by atoms with van der Waals surface area (Å²) >= 11 is 0. The van der Waals surface area contributed by atoms with Crippen LogP contribution in [0.25, 0.3) is 11.1 Å². The highest BCUT2D eigenvalue weighted by molar-refractivity contribution is 6.01. The lowest BCUT2D eigenvalue weighted by Gasteiger charge is -2.35. The lowest BCUT2D eigenvalue weighted by molar-refractivity contribution is -0.135. The van der Waals surface area contributed by atoms with E-state index in [-0.39, 0.29) is 30.0 Å². The molecule has 1 saturated heterocycles. The summed E-state index contributed by atoms with van der Waals surface area (Å²) < 4.78 is 13.3. The van der Waals surface area contributed by atoms with Crippen molar-refractivity contribution in [1.82, 2.24) is 9.88 Å². The number of amides is 2. The molecule has 2 aliphatic rings. The zero-order chi connectivity index (χ0) is 22.9. The van der Waals surface area contributed by atoms with Gasteiger partial charge in [0, 0.05) is 42.5 Å². The third-order valence-corrected chi connectivity index (χ3v) is 6.67. The van der Waals surface area contributed by atoms with Gasteiger partial charge in [0.1, 0.15) is 5.82 Å². The summed E-state index contributed by atoms with van der Waals surface area (Å²) in [4.78, 5) is 32.1. The summed E-state index contributed by atoms with van der Waals surface area (Å²) in [6.45, 7) is 3.26. The predicted molar refractivity (Wildman–Crippen MR) is 125 cm³/mol. The minimum absolute atomic E-state index is 0.0277. The molecular weight excluding hydrogens is 417 g/mol. The lowest BCUT2D eigenvalue weighted by Crippen LogP contribution is -2.42. The second-order valence-corrected chi connectivity index (χ2v) is 8.92. The number of carbonyl (C=O) groups excluding carboxylic acids is 2. The predicted octanol–water partition coefficient (Wildman–Crippen LogP) is 5.03. The van der Waals surface area contributed by atoms with Gasteiger partial charge >= 0.3 is 0 Å². The van der Waals surface area contributed by atoms with Crippen LogP contribution in [0.1, 0.15) is 48.0 Å². The summed E-state index contributed by atoms with van der Waals surface area (Å²) in [5.41, 5.74) is 5.57. The molecule has 0 unspecified atom stereocenters. The third-order valence-electron chi connectivity index (χ3n) is 6.67. The van der Waals surface area contributed by atoms with E-state index in [9.17, 15) is 14.0 Å². The molecule has 168 valence electrons. The first kappa shape index (κ1) is 21.3. The SMILES string of the molecule is Cc1cc(-c2ccc(F)cc2)cc(C2CCN(C(=O)[C@H]3CC(=O)Nc4ccccc43)CC2)n1. The highest BCUT2D eigenvalue weighted by Crippen LogP contribution is 2.36. The zero-order valence-corrected chi connectivity index (χ0v) is 18.6. The molecule has 1 atom stereocenters. The van der Waals surface area contributed by atoms with E-state index in [1.807, 2.05) is 42.2 Å². The van der Waals surface area contributed by atoms with Crippen molar-refractivity contribution in [3.8, 4) is 11.1 Å². The molecule has 2 aliphatic heterocycles. The van der Waals surface area contributed by atoms with Crippen LogP contribution in [-0.2, 0) is 9.59 Å². The number of halogens is 1. The van der Waals surface area contributed by atoms with Gasteiger partial charge in [-0.25, -0.2) is 4.39 Å². The van der Waals surface area contributed by atoms with Crippen LogP contribution < -0.4 is 5.32 Å². The fourth-order valence-electron chi connectivity index (χ4n) is 4.96. The van der Waals surface area contributed by atoms with Gasteiger partial charge in [-0.3, -0.25) is 14.6 Å². The number of carbonyl (C=O) groups is 2. The number of para-hydroxylation sites is 1. The first-order chi connectivity index (χ1) is 16.0. The number of aryl methyl sites for hydroxylation is 1. The van der Waals surface area contributed by atoms with Crippen LogP contribution in [-0.4, -0.2) is 34.8 Å². The third kappa shape index (κ3) is 4.38. The van der Waals surface area contributed by atoms with Crippen molar-refractivity contribution < 1.29 is 14.0 Å². The van der Waals surface area contributed by atoms with E-state index in [0.29, 0.717) is 13.1 Å². The van der Waals surface area contributed by atoms with Crippen LogP contribution in [0.15, 0.2) is 60.7 Å². The number of benzene rings is 2. The molecule has 1 N–H and O–H groups in total. The number of fused-ring (bicyclic) bond motifs is 1. The number of nitrogens with one attached hydrogen (secondary N) is 1. The number of pyridine rings is 1.